The number of para-hydroxylation sites is 3. The maximum absolute atomic E-state index is 12.8. The molecule has 0 atom stereocenters. The second-order valence-corrected chi connectivity index (χ2v) is 8.56. The maximum atomic E-state index is 12.8. The van der Waals surface area contributed by atoms with Gasteiger partial charge in [-0.25, -0.2) is 9.97 Å². The van der Waals surface area contributed by atoms with Crippen molar-refractivity contribution in [3.8, 4) is 11.6 Å². The average Bonchev–Trinajstić information content (AvgIpc) is 3.34. The fourth-order valence-electron chi connectivity index (χ4n) is 4.31. The van der Waals surface area contributed by atoms with Gasteiger partial charge in [-0.1, -0.05) is 30.3 Å². The topological polar surface area (TPSA) is 89.4 Å². The second-order valence-electron chi connectivity index (χ2n) is 8.56. The molecule has 1 aliphatic rings. The van der Waals surface area contributed by atoms with Gasteiger partial charge in [-0.2, -0.15) is 0 Å². The van der Waals surface area contributed by atoms with E-state index in [4.69, 9.17) is 4.74 Å². The highest BCUT2D eigenvalue weighted by molar-refractivity contribution is 5.92. The Morgan fingerprint density at radius 1 is 0.943 bits per heavy atom. The number of aromatic nitrogens is 3. The van der Waals surface area contributed by atoms with E-state index < -0.39 is 0 Å². The summed E-state index contributed by atoms with van der Waals surface area (Å²) in [7, 11) is 0. The van der Waals surface area contributed by atoms with Gasteiger partial charge < -0.3 is 15.0 Å². The number of hydrogen-bond donors (Lipinski definition) is 1. The molecule has 35 heavy (non-hydrogen) atoms. The zero-order valence-electron chi connectivity index (χ0n) is 19.3. The largest absolute Gasteiger partial charge is 0.493 e. The third-order valence-corrected chi connectivity index (χ3v) is 6.26. The average molecular weight is 470 g/mol. The Labute approximate surface area is 203 Å². The number of rotatable bonds is 7. The summed E-state index contributed by atoms with van der Waals surface area (Å²) >= 11 is 0. The lowest BCUT2D eigenvalue weighted by atomic mass is 9.95. The molecule has 0 bridgehead atoms. The van der Waals surface area contributed by atoms with Gasteiger partial charge in [0.1, 0.15) is 17.9 Å². The van der Waals surface area contributed by atoms with Crippen LogP contribution in [0, 0.1) is 5.92 Å². The van der Waals surface area contributed by atoms with E-state index >= 15 is 0 Å². The summed E-state index contributed by atoms with van der Waals surface area (Å²) in [6.07, 6.45) is 5.02. The van der Waals surface area contributed by atoms with Crippen LogP contribution in [-0.4, -0.2) is 50.9 Å². The number of nitrogens with zero attached hydrogens (tertiary/aromatic N) is 4. The lowest BCUT2D eigenvalue weighted by Crippen LogP contribution is -2.41. The first-order chi connectivity index (χ1) is 17.2. The summed E-state index contributed by atoms with van der Waals surface area (Å²) in [6, 6.07) is 21.0. The predicted octanol–water partition coefficient (Wildman–Crippen LogP) is 4.07. The molecule has 3 heterocycles. The van der Waals surface area contributed by atoms with Crippen LogP contribution >= 0.6 is 0 Å². The van der Waals surface area contributed by atoms with Crippen LogP contribution in [0.25, 0.3) is 16.9 Å². The van der Waals surface area contributed by atoms with Crippen LogP contribution in [0.2, 0.25) is 0 Å². The Bertz CT molecular complexity index is 1300. The number of nitrogens with one attached hydrogen (secondary N) is 1. The highest BCUT2D eigenvalue weighted by Gasteiger charge is 2.27. The van der Waals surface area contributed by atoms with E-state index in [9.17, 15) is 9.59 Å². The number of benzene rings is 2. The summed E-state index contributed by atoms with van der Waals surface area (Å²) in [6.45, 7) is 1.50. The molecule has 1 N–H and O–H groups in total. The van der Waals surface area contributed by atoms with Crippen LogP contribution in [0.15, 0.2) is 79.3 Å². The maximum Gasteiger partial charge on any atom is 0.227 e. The number of ether oxygens (including phenoxy) is 1. The molecule has 2 aromatic heterocycles. The zero-order valence-corrected chi connectivity index (χ0v) is 19.3. The molecule has 5 rings (SSSR count). The minimum absolute atomic E-state index is 0.0351. The molecule has 1 aliphatic heterocycles. The Kier molecular flexibility index (Phi) is 6.70. The van der Waals surface area contributed by atoms with Crippen molar-refractivity contribution in [3.05, 3.63) is 79.3 Å². The molecule has 0 unspecified atom stereocenters. The van der Waals surface area contributed by atoms with Crippen LogP contribution in [0.4, 0.5) is 5.69 Å². The van der Waals surface area contributed by atoms with Crippen LogP contribution in [-0.2, 0) is 9.59 Å². The molecule has 0 aliphatic carbocycles. The minimum atomic E-state index is -0.128. The summed E-state index contributed by atoms with van der Waals surface area (Å²) in [4.78, 5) is 36.0. The van der Waals surface area contributed by atoms with Crippen molar-refractivity contribution in [3.63, 3.8) is 0 Å². The van der Waals surface area contributed by atoms with E-state index in [2.05, 4.69) is 15.3 Å². The van der Waals surface area contributed by atoms with Crippen molar-refractivity contribution in [2.24, 2.45) is 5.92 Å². The first-order valence-electron chi connectivity index (χ1n) is 11.8. The van der Waals surface area contributed by atoms with Gasteiger partial charge in [0, 0.05) is 19.0 Å². The molecule has 8 nitrogen and oxygen atoms in total. The second kappa shape index (κ2) is 10.4. The van der Waals surface area contributed by atoms with E-state index in [1.165, 1.54) is 0 Å². The molecule has 0 spiro atoms. The monoisotopic (exact) mass is 469 g/mol. The third-order valence-electron chi connectivity index (χ3n) is 6.26. The lowest BCUT2D eigenvalue weighted by molar-refractivity contribution is -0.135. The van der Waals surface area contributed by atoms with Gasteiger partial charge in [-0.3, -0.25) is 14.2 Å². The Hall–Kier alpha value is -4.20. The third kappa shape index (κ3) is 5.32. The Morgan fingerprint density at radius 3 is 2.49 bits per heavy atom. The van der Waals surface area contributed by atoms with E-state index in [-0.39, 0.29) is 17.7 Å². The molecule has 2 amide bonds. The number of hydrogen-bond acceptors (Lipinski definition) is 5. The first-order valence-corrected chi connectivity index (χ1v) is 11.8. The van der Waals surface area contributed by atoms with Gasteiger partial charge >= 0.3 is 0 Å². The van der Waals surface area contributed by atoms with Gasteiger partial charge in [-0.05, 0) is 49.2 Å². The fourth-order valence-corrected chi connectivity index (χ4v) is 4.31. The molecule has 0 radical (unpaired) electrons. The van der Waals surface area contributed by atoms with Crippen LogP contribution in [0.5, 0.6) is 5.75 Å². The van der Waals surface area contributed by atoms with Gasteiger partial charge in [0.05, 0.1) is 35.9 Å². The molecule has 0 saturated carbocycles. The molecule has 2 aromatic carbocycles. The normalized spacial score (nSPS) is 14.1. The molecule has 1 fully saturated rings. The number of carbonyl (C=O) groups is 2. The van der Waals surface area contributed by atoms with Gasteiger partial charge in [0.15, 0.2) is 0 Å². The first kappa shape index (κ1) is 22.6. The molecule has 8 heteroatoms. The van der Waals surface area contributed by atoms with Crippen molar-refractivity contribution in [1.29, 1.82) is 0 Å². The predicted molar refractivity (Wildman–Crippen MR) is 133 cm³/mol. The van der Waals surface area contributed by atoms with Crippen LogP contribution in [0.3, 0.4) is 0 Å². The number of fused-ring (bicyclic) bond motifs is 1. The van der Waals surface area contributed by atoms with E-state index in [1.807, 2.05) is 76.2 Å². The number of pyridine rings is 1. The fraction of sp³-hybridized carbons (Fsp3) is 0.259. The van der Waals surface area contributed by atoms with Crippen molar-refractivity contribution in [2.75, 3.05) is 25.0 Å². The number of amides is 2. The van der Waals surface area contributed by atoms with Crippen molar-refractivity contribution < 1.29 is 14.3 Å². The van der Waals surface area contributed by atoms with E-state index in [1.54, 1.807) is 12.5 Å². The number of imidazole rings is 1. The van der Waals surface area contributed by atoms with E-state index in [0.717, 1.165) is 22.6 Å². The zero-order chi connectivity index (χ0) is 24.0. The standard InChI is InChI=1S/C27H27N5O3/c33-26(14-17-35-22-6-2-1-3-7-22)31-15-12-20(13-16-31)27(34)30-21-10-11-25(28-18-21)32-19-29-23-8-4-5-9-24(23)32/h1-11,18-20H,12-17H2,(H,30,34). The highest BCUT2D eigenvalue weighted by Crippen LogP contribution is 2.21. The Balaban J connectivity index is 1.09. The summed E-state index contributed by atoms with van der Waals surface area (Å²) in [5.41, 5.74) is 2.53. The molecule has 4 aromatic rings. The summed E-state index contributed by atoms with van der Waals surface area (Å²) < 4.78 is 7.54. The van der Waals surface area contributed by atoms with Gasteiger partial charge in [0.2, 0.25) is 11.8 Å². The number of likely N-dealkylation sites (tertiary alicyclic amines) is 1. The van der Waals surface area contributed by atoms with Crippen LogP contribution in [0.1, 0.15) is 19.3 Å². The van der Waals surface area contributed by atoms with Gasteiger partial charge in [-0.15, -0.1) is 0 Å². The Morgan fingerprint density at radius 2 is 1.71 bits per heavy atom. The molecule has 1 saturated heterocycles. The minimum Gasteiger partial charge on any atom is -0.493 e. The van der Waals surface area contributed by atoms with Crippen LogP contribution < -0.4 is 10.1 Å². The van der Waals surface area contributed by atoms with E-state index in [0.29, 0.717) is 44.6 Å². The quantitative estimate of drug-likeness (QED) is 0.441. The summed E-state index contributed by atoms with van der Waals surface area (Å²) in [5.74, 6) is 1.40. The van der Waals surface area contributed by atoms with Crippen molar-refractivity contribution in [2.45, 2.75) is 19.3 Å². The highest BCUT2D eigenvalue weighted by atomic mass is 16.5. The number of carbonyl (C=O) groups excluding carboxylic acids is 2. The summed E-state index contributed by atoms with van der Waals surface area (Å²) in [5, 5.41) is 2.97. The SMILES string of the molecule is O=C(Nc1ccc(-n2cnc3ccccc32)nc1)C1CCN(C(=O)CCOc2ccccc2)CC1. The number of piperidine rings is 1. The molecular weight excluding hydrogens is 442 g/mol. The number of anilines is 1. The molecule has 178 valence electrons. The van der Waals surface area contributed by atoms with Crippen molar-refractivity contribution >= 4 is 28.5 Å². The lowest BCUT2D eigenvalue weighted by Gasteiger charge is -2.31. The molecular formula is C27H27N5O3. The van der Waals surface area contributed by atoms with Crippen molar-refractivity contribution in [1.82, 2.24) is 19.4 Å². The van der Waals surface area contributed by atoms with Gasteiger partial charge in [0.25, 0.3) is 0 Å². The smallest absolute Gasteiger partial charge is 0.227 e.